The Morgan fingerprint density at radius 3 is 1.19 bits per heavy atom. The van der Waals surface area contributed by atoms with Crippen LogP contribution in [0.2, 0.25) is 0 Å². The minimum Gasteiger partial charge on any atom is -0.402 e. The summed E-state index contributed by atoms with van der Waals surface area (Å²) in [7, 11) is -2.17. The van der Waals surface area contributed by atoms with Gasteiger partial charge in [0.05, 0.1) is 0 Å². The highest BCUT2D eigenvalue weighted by Gasteiger charge is 2.19. The summed E-state index contributed by atoms with van der Waals surface area (Å²) >= 11 is 0. The largest absolute Gasteiger partial charge is 0.631 e. The molecule has 0 aliphatic carbocycles. The molecular weight excluding hydrogens is 345 g/mol. The topological polar surface area (TPSA) is 113 Å². The lowest BCUT2D eigenvalue weighted by Gasteiger charge is -2.21. The van der Waals surface area contributed by atoms with Crippen molar-refractivity contribution in [2.45, 2.75) is 122 Å². The predicted octanol–water partition coefficient (Wildman–Crippen LogP) is 3.44. The van der Waals surface area contributed by atoms with Gasteiger partial charge in [0.25, 0.3) is 0 Å². The van der Waals surface area contributed by atoms with Crippen LogP contribution >= 0.6 is 0 Å². The normalized spacial score (nSPS) is 11.2. The molecule has 0 radical (unpaired) electrons. The van der Waals surface area contributed by atoms with Crippen LogP contribution in [0.3, 0.4) is 0 Å². The number of unbranched alkanes of at least 4 members (excludes halogenated alkanes) is 14. The quantitative estimate of drug-likeness (QED) is 0.121. The van der Waals surface area contributed by atoms with Crippen molar-refractivity contribution in [3.8, 4) is 0 Å². The van der Waals surface area contributed by atoms with E-state index >= 15 is 0 Å². The Hall–Kier alpha value is -0.175. The molecule has 0 amide bonds. The van der Waals surface area contributed by atoms with Crippen molar-refractivity contribution in [1.29, 1.82) is 0 Å². The second-order valence-corrected chi connectivity index (χ2v) is 7.39. The zero-order valence-electron chi connectivity index (χ0n) is 17.8. The maximum absolute atomic E-state index is 9.56. The maximum atomic E-state index is 9.56. The Balaban J connectivity index is 0. The van der Waals surface area contributed by atoms with Gasteiger partial charge in [0, 0.05) is 6.42 Å². The molecule has 7 heteroatoms. The average Bonchev–Trinajstić information content (AvgIpc) is 2.57. The van der Waals surface area contributed by atoms with Crippen LogP contribution in [0, 0.1) is 0 Å². The summed E-state index contributed by atoms with van der Waals surface area (Å²) in [6.45, 7) is 4.75. The molecule has 0 aliphatic heterocycles. The van der Waals surface area contributed by atoms with Crippen LogP contribution in [0.5, 0.6) is 0 Å². The van der Waals surface area contributed by atoms with Gasteiger partial charge in [-0.15, -0.1) is 0 Å². The Morgan fingerprint density at radius 1 is 0.593 bits per heavy atom. The van der Waals surface area contributed by atoms with E-state index in [1.165, 1.54) is 83.5 Å². The maximum Gasteiger partial charge on any atom is 0.631 e. The lowest BCUT2D eigenvalue weighted by Crippen LogP contribution is -2.44. The second kappa shape index (κ2) is 22.1. The Kier molecular flexibility index (Phi) is 23.8. The molecule has 0 aromatic rings. The third-order valence-electron chi connectivity index (χ3n) is 4.59. The van der Waals surface area contributed by atoms with Crippen molar-refractivity contribution in [2.75, 3.05) is 6.54 Å². The van der Waals surface area contributed by atoms with E-state index in [1.807, 2.05) is 6.92 Å². The first-order chi connectivity index (χ1) is 12.9. The van der Waals surface area contributed by atoms with E-state index in [2.05, 4.69) is 12.2 Å². The van der Waals surface area contributed by atoms with Crippen LogP contribution in [-0.4, -0.2) is 45.1 Å². The number of hydrogen-bond donors (Lipinski definition) is 6. The van der Waals surface area contributed by atoms with Crippen molar-refractivity contribution in [3.05, 3.63) is 0 Å². The summed E-state index contributed by atoms with van der Waals surface area (Å²) < 4.78 is 0. The van der Waals surface area contributed by atoms with E-state index in [9.17, 15) is 10.2 Å². The van der Waals surface area contributed by atoms with Gasteiger partial charge >= 0.3 is 7.32 Å². The van der Waals surface area contributed by atoms with Crippen molar-refractivity contribution in [3.63, 3.8) is 0 Å². The molecule has 0 spiro atoms. The molecule has 0 aromatic heterocycles. The van der Waals surface area contributed by atoms with Crippen molar-refractivity contribution in [1.82, 2.24) is 5.32 Å². The molecule has 0 heterocycles. The van der Waals surface area contributed by atoms with Gasteiger partial charge in [0.1, 0.15) is 0 Å². The highest BCUT2D eigenvalue weighted by Crippen LogP contribution is 2.15. The fourth-order valence-corrected chi connectivity index (χ4v) is 3.11. The molecule has 0 bridgehead atoms. The lowest BCUT2D eigenvalue weighted by molar-refractivity contribution is -0.189. The highest BCUT2D eigenvalue weighted by atomic mass is 16.5. The highest BCUT2D eigenvalue weighted by molar-refractivity contribution is 6.30. The molecule has 0 aromatic carbocycles. The fraction of sp³-hybridized carbons (Fsp3) is 1.00. The molecule has 0 atom stereocenters. The summed E-state index contributed by atoms with van der Waals surface area (Å²) in [6, 6.07) is 0. The summed E-state index contributed by atoms with van der Waals surface area (Å²) in [5.41, 5.74) is 0. The fourth-order valence-electron chi connectivity index (χ4n) is 3.11. The molecule has 27 heavy (non-hydrogen) atoms. The van der Waals surface area contributed by atoms with Gasteiger partial charge in [-0.3, -0.25) is 5.32 Å². The Labute approximate surface area is 167 Å². The molecule has 0 saturated carbocycles. The van der Waals surface area contributed by atoms with E-state index in [1.54, 1.807) is 0 Å². The monoisotopic (exact) mass is 391 g/mol. The second-order valence-electron chi connectivity index (χ2n) is 7.39. The van der Waals surface area contributed by atoms with Crippen LogP contribution in [0.4, 0.5) is 0 Å². The van der Waals surface area contributed by atoms with Crippen LogP contribution in [-0.2, 0) is 0 Å². The van der Waals surface area contributed by atoms with E-state index < -0.39 is 13.2 Å². The molecule has 0 saturated heterocycles. The zero-order chi connectivity index (χ0) is 20.8. The Bertz CT molecular complexity index is 278. The number of aliphatic hydroxyl groups is 2. The molecule has 6 N–H and O–H groups in total. The Morgan fingerprint density at radius 2 is 0.889 bits per heavy atom. The van der Waals surface area contributed by atoms with Crippen molar-refractivity contribution in [2.24, 2.45) is 0 Å². The van der Waals surface area contributed by atoms with Crippen LogP contribution < -0.4 is 5.32 Å². The summed E-state index contributed by atoms with van der Waals surface area (Å²) in [6.07, 6.45) is 20.4. The van der Waals surface area contributed by atoms with E-state index in [-0.39, 0.29) is 0 Å². The van der Waals surface area contributed by atoms with Gasteiger partial charge in [0.2, 0.25) is 5.91 Å². The van der Waals surface area contributed by atoms with E-state index in [0.717, 1.165) is 12.8 Å². The van der Waals surface area contributed by atoms with Gasteiger partial charge in [0.15, 0.2) is 0 Å². The smallest absolute Gasteiger partial charge is 0.402 e. The first kappa shape index (κ1) is 29.0. The van der Waals surface area contributed by atoms with Gasteiger partial charge in [-0.2, -0.15) is 0 Å². The molecule has 6 nitrogen and oxygen atoms in total. The van der Waals surface area contributed by atoms with Gasteiger partial charge < -0.3 is 25.3 Å². The molecule has 164 valence electrons. The molecule has 0 aliphatic rings. The third-order valence-corrected chi connectivity index (χ3v) is 4.59. The minimum absolute atomic E-state index is 0.430. The third kappa shape index (κ3) is 30.8. The SMILES string of the molecule is CCCCCCCCCCCCCCCCCC(O)(O)NCC.OB(O)O. The van der Waals surface area contributed by atoms with Crippen LogP contribution in [0.15, 0.2) is 0 Å². The van der Waals surface area contributed by atoms with Gasteiger partial charge in [-0.25, -0.2) is 0 Å². The summed E-state index contributed by atoms with van der Waals surface area (Å²) in [5.74, 6) is -1.66. The lowest BCUT2D eigenvalue weighted by atomic mass is 10.0. The molecular formula is C20H46BNO5. The van der Waals surface area contributed by atoms with Gasteiger partial charge in [-0.05, 0) is 13.0 Å². The first-order valence-corrected chi connectivity index (χ1v) is 11.1. The number of rotatable bonds is 18. The molecule has 0 fully saturated rings. The first-order valence-electron chi connectivity index (χ1n) is 11.1. The van der Waals surface area contributed by atoms with E-state index in [0.29, 0.717) is 13.0 Å². The van der Waals surface area contributed by atoms with Crippen LogP contribution in [0.1, 0.15) is 117 Å². The summed E-state index contributed by atoms with van der Waals surface area (Å²) in [4.78, 5) is 0. The van der Waals surface area contributed by atoms with E-state index in [4.69, 9.17) is 15.1 Å². The number of nitrogens with one attached hydrogen (secondary N) is 1. The molecule has 0 rings (SSSR count). The standard InChI is InChI=1S/C20H43NO2.BH3O3/c1-3-5-6-7-8-9-10-11-12-13-14-15-16-17-18-19-20(22,23)21-4-2;2-1(3)4/h21-23H,3-19H2,1-2H3;2-4H. The predicted molar refractivity (Wildman–Crippen MR) is 113 cm³/mol. The van der Waals surface area contributed by atoms with Crippen molar-refractivity contribution < 1.29 is 25.3 Å². The molecule has 0 unspecified atom stereocenters. The summed E-state index contributed by atoms with van der Waals surface area (Å²) in [5, 5.41) is 43.3. The van der Waals surface area contributed by atoms with Crippen LogP contribution in [0.25, 0.3) is 0 Å². The number of hydrogen-bond acceptors (Lipinski definition) is 6. The van der Waals surface area contributed by atoms with Gasteiger partial charge in [-0.1, -0.05) is 104 Å². The van der Waals surface area contributed by atoms with Crippen molar-refractivity contribution >= 4 is 7.32 Å². The average molecular weight is 391 g/mol. The zero-order valence-corrected chi connectivity index (χ0v) is 17.8. The minimum atomic E-state index is -2.17.